The zero-order valence-corrected chi connectivity index (χ0v) is 12.9. The number of carbonyl (C=O) groups excluding carboxylic acids is 1. The van der Waals surface area contributed by atoms with E-state index in [4.69, 9.17) is 11.6 Å². The molecule has 110 valence electrons. The summed E-state index contributed by atoms with van der Waals surface area (Å²) in [4.78, 5) is 18.6. The van der Waals surface area contributed by atoms with Crippen molar-refractivity contribution in [3.8, 4) is 10.6 Å². The topological polar surface area (TPSA) is 53.4 Å². The summed E-state index contributed by atoms with van der Waals surface area (Å²) in [6.45, 7) is 1.18. The van der Waals surface area contributed by atoms with E-state index in [1.807, 2.05) is 24.3 Å². The van der Waals surface area contributed by atoms with Crippen LogP contribution in [0.25, 0.3) is 10.6 Å². The lowest BCUT2D eigenvalue weighted by molar-refractivity contribution is 0.0542. The summed E-state index contributed by atoms with van der Waals surface area (Å²) in [7, 11) is 0. The van der Waals surface area contributed by atoms with Crippen molar-refractivity contribution in [2.45, 2.75) is 18.9 Å². The van der Waals surface area contributed by atoms with E-state index in [-0.39, 0.29) is 12.0 Å². The van der Waals surface area contributed by atoms with Gasteiger partial charge in [0, 0.05) is 29.1 Å². The highest BCUT2D eigenvalue weighted by atomic mass is 35.5. The van der Waals surface area contributed by atoms with Crippen LogP contribution in [0.5, 0.6) is 0 Å². The van der Waals surface area contributed by atoms with Crippen LogP contribution in [0.2, 0.25) is 5.02 Å². The quantitative estimate of drug-likeness (QED) is 0.924. The molecule has 1 aliphatic rings. The van der Waals surface area contributed by atoms with Gasteiger partial charge in [0.1, 0.15) is 10.7 Å². The minimum atomic E-state index is -0.283. The van der Waals surface area contributed by atoms with Crippen LogP contribution in [-0.2, 0) is 0 Å². The Morgan fingerprint density at radius 1 is 1.29 bits per heavy atom. The van der Waals surface area contributed by atoms with Gasteiger partial charge in [-0.25, -0.2) is 4.98 Å². The zero-order valence-electron chi connectivity index (χ0n) is 11.3. The Hall–Kier alpha value is -1.43. The smallest absolute Gasteiger partial charge is 0.273 e. The second-order valence-electron chi connectivity index (χ2n) is 5.07. The Morgan fingerprint density at radius 3 is 2.62 bits per heavy atom. The van der Waals surface area contributed by atoms with Gasteiger partial charge in [-0.1, -0.05) is 23.7 Å². The van der Waals surface area contributed by atoms with Crippen LogP contribution >= 0.6 is 22.9 Å². The molecule has 1 aromatic carbocycles. The SMILES string of the molecule is O=C(c1csc(-c2ccc(Cl)cc2)n1)N1CCC(O)CC1. The summed E-state index contributed by atoms with van der Waals surface area (Å²) in [6.07, 6.45) is 0.994. The average molecular weight is 323 g/mol. The number of halogens is 1. The molecule has 4 nitrogen and oxygen atoms in total. The van der Waals surface area contributed by atoms with Crippen molar-refractivity contribution in [3.63, 3.8) is 0 Å². The first-order valence-electron chi connectivity index (χ1n) is 6.82. The third kappa shape index (κ3) is 3.26. The van der Waals surface area contributed by atoms with E-state index in [9.17, 15) is 9.90 Å². The first-order valence-corrected chi connectivity index (χ1v) is 8.08. The number of nitrogens with zero attached hydrogens (tertiary/aromatic N) is 2. The second kappa shape index (κ2) is 6.13. The molecule has 1 N–H and O–H groups in total. The number of hydrogen-bond donors (Lipinski definition) is 1. The maximum absolute atomic E-state index is 12.4. The highest BCUT2D eigenvalue weighted by molar-refractivity contribution is 7.13. The van der Waals surface area contributed by atoms with Gasteiger partial charge in [-0.2, -0.15) is 0 Å². The molecule has 2 heterocycles. The number of aliphatic hydroxyl groups excluding tert-OH is 1. The minimum Gasteiger partial charge on any atom is -0.393 e. The lowest BCUT2D eigenvalue weighted by Gasteiger charge is -2.28. The molecule has 0 atom stereocenters. The number of piperidine rings is 1. The number of carbonyl (C=O) groups is 1. The molecular weight excluding hydrogens is 308 g/mol. The molecule has 3 rings (SSSR count). The Labute approximate surface area is 132 Å². The van der Waals surface area contributed by atoms with E-state index in [2.05, 4.69) is 4.98 Å². The van der Waals surface area contributed by atoms with Crippen molar-refractivity contribution < 1.29 is 9.90 Å². The van der Waals surface area contributed by atoms with Crippen LogP contribution < -0.4 is 0 Å². The molecule has 0 unspecified atom stereocenters. The summed E-state index contributed by atoms with van der Waals surface area (Å²) in [6, 6.07) is 7.41. The van der Waals surface area contributed by atoms with E-state index in [1.54, 1.807) is 10.3 Å². The van der Waals surface area contributed by atoms with Crippen LogP contribution in [0.1, 0.15) is 23.3 Å². The summed E-state index contributed by atoms with van der Waals surface area (Å²) < 4.78 is 0. The summed E-state index contributed by atoms with van der Waals surface area (Å²) >= 11 is 7.32. The average Bonchev–Trinajstić information content (AvgIpc) is 2.98. The molecule has 0 aliphatic carbocycles. The minimum absolute atomic E-state index is 0.0571. The van der Waals surface area contributed by atoms with Gasteiger partial charge in [0.2, 0.25) is 0 Å². The molecule has 0 saturated carbocycles. The van der Waals surface area contributed by atoms with Gasteiger partial charge < -0.3 is 10.0 Å². The van der Waals surface area contributed by atoms with E-state index in [1.165, 1.54) is 11.3 Å². The molecule has 1 fully saturated rings. The van der Waals surface area contributed by atoms with E-state index in [0.29, 0.717) is 36.6 Å². The number of hydrogen-bond acceptors (Lipinski definition) is 4. The van der Waals surface area contributed by atoms with Crippen molar-refractivity contribution in [1.29, 1.82) is 0 Å². The monoisotopic (exact) mass is 322 g/mol. The van der Waals surface area contributed by atoms with Crippen molar-refractivity contribution in [3.05, 3.63) is 40.4 Å². The molecule has 1 saturated heterocycles. The summed E-state index contributed by atoms with van der Waals surface area (Å²) in [5.41, 5.74) is 1.43. The van der Waals surface area contributed by atoms with Gasteiger partial charge in [-0.3, -0.25) is 4.79 Å². The third-order valence-electron chi connectivity index (χ3n) is 3.57. The predicted molar refractivity (Wildman–Crippen MR) is 83.7 cm³/mol. The first kappa shape index (κ1) is 14.5. The normalized spacial score (nSPS) is 16.2. The highest BCUT2D eigenvalue weighted by Gasteiger charge is 2.24. The lowest BCUT2D eigenvalue weighted by atomic mass is 10.1. The van der Waals surface area contributed by atoms with Crippen LogP contribution in [0.3, 0.4) is 0 Å². The Balaban J connectivity index is 1.75. The Morgan fingerprint density at radius 2 is 1.95 bits per heavy atom. The Kier molecular flexibility index (Phi) is 4.24. The summed E-state index contributed by atoms with van der Waals surface area (Å²) in [5, 5.41) is 12.8. The van der Waals surface area contributed by atoms with E-state index >= 15 is 0 Å². The van der Waals surface area contributed by atoms with Crippen LogP contribution in [-0.4, -0.2) is 40.1 Å². The van der Waals surface area contributed by atoms with Crippen LogP contribution in [0, 0.1) is 0 Å². The maximum Gasteiger partial charge on any atom is 0.273 e. The number of likely N-dealkylation sites (tertiary alicyclic amines) is 1. The van der Waals surface area contributed by atoms with Gasteiger partial charge in [0.15, 0.2) is 0 Å². The molecule has 0 spiro atoms. The van der Waals surface area contributed by atoms with Crippen molar-refractivity contribution >= 4 is 28.8 Å². The van der Waals surface area contributed by atoms with E-state index in [0.717, 1.165) is 10.6 Å². The fourth-order valence-corrected chi connectivity index (χ4v) is 3.25. The number of benzene rings is 1. The first-order chi connectivity index (χ1) is 10.1. The molecule has 6 heteroatoms. The molecule has 1 amide bonds. The largest absolute Gasteiger partial charge is 0.393 e. The molecular formula is C15H15ClN2O2S. The molecule has 0 bridgehead atoms. The fraction of sp³-hybridized carbons (Fsp3) is 0.333. The summed E-state index contributed by atoms with van der Waals surface area (Å²) in [5.74, 6) is -0.0571. The standard InChI is InChI=1S/C15H15ClN2O2S/c16-11-3-1-10(2-4-11)14-17-13(9-21-14)15(20)18-7-5-12(19)6-8-18/h1-4,9,12,19H,5-8H2. The number of aliphatic hydroxyl groups is 1. The fourth-order valence-electron chi connectivity index (χ4n) is 2.33. The number of rotatable bonds is 2. The van der Waals surface area contributed by atoms with Gasteiger partial charge in [-0.05, 0) is 25.0 Å². The highest BCUT2D eigenvalue weighted by Crippen LogP contribution is 2.26. The Bertz CT molecular complexity index is 633. The second-order valence-corrected chi connectivity index (χ2v) is 6.36. The lowest BCUT2D eigenvalue weighted by Crippen LogP contribution is -2.40. The maximum atomic E-state index is 12.4. The van der Waals surface area contributed by atoms with Crippen LogP contribution in [0.15, 0.2) is 29.6 Å². The molecule has 1 aromatic heterocycles. The van der Waals surface area contributed by atoms with Crippen molar-refractivity contribution in [2.24, 2.45) is 0 Å². The number of thiazole rings is 1. The molecule has 0 radical (unpaired) electrons. The number of aromatic nitrogens is 1. The van der Waals surface area contributed by atoms with Gasteiger partial charge in [0.05, 0.1) is 6.10 Å². The van der Waals surface area contributed by atoms with Crippen LogP contribution in [0.4, 0.5) is 0 Å². The van der Waals surface area contributed by atoms with Gasteiger partial charge >= 0.3 is 0 Å². The van der Waals surface area contributed by atoms with Crippen molar-refractivity contribution in [2.75, 3.05) is 13.1 Å². The molecule has 2 aromatic rings. The zero-order chi connectivity index (χ0) is 14.8. The number of amides is 1. The van der Waals surface area contributed by atoms with E-state index < -0.39 is 0 Å². The van der Waals surface area contributed by atoms with Crippen molar-refractivity contribution in [1.82, 2.24) is 9.88 Å². The van der Waals surface area contributed by atoms with Gasteiger partial charge in [-0.15, -0.1) is 11.3 Å². The molecule has 21 heavy (non-hydrogen) atoms. The molecule has 1 aliphatic heterocycles. The van der Waals surface area contributed by atoms with Gasteiger partial charge in [0.25, 0.3) is 5.91 Å². The third-order valence-corrected chi connectivity index (χ3v) is 4.71. The predicted octanol–water partition coefficient (Wildman–Crippen LogP) is 3.06.